The first-order valence-electron chi connectivity index (χ1n) is 4.83. The number of nitrogens with zero attached hydrogens (tertiary/aromatic N) is 2. The molecule has 1 aromatic rings. The normalized spacial score (nSPS) is 18.4. The van der Waals surface area contributed by atoms with E-state index in [9.17, 15) is 8.42 Å². The van der Waals surface area contributed by atoms with Crippen molar-refractivity contribution in [1.82, 2.24) is 15.0 Å². The summed E-state index contributed by atoms with van der Waals surface area (Å²) in [5.41, 5.74) is 0.968. The van der Waals surface area contributed by atoms with Crippen LogP contribution in [0.15, 0.2) is 29.5 Å². The van der Waals surface area contributed by atoms with Crippen LogP contribution in [0.2, 0.25) is 0 Å². The summed E-state index contributed by atoms with van der Waals surface area (Å²) in [7, 11) is -3.20. The van der Waals surface area contributed by atoms with Crippen molar-refractivity contribution in [2.75, 3.05) is 12.3 Å². The van der Waals surface area contributed by atoms with Gasteiger partial charge in [-0.05, 0) is 11.6 Å². The Labute approximate surface area is 93.9 Å². The van der Waals surface area contributed by atoms with Crippen molar-refractivity contribution in [3.63, 3.8) is 0 Å². The van der Waals surface area contributed by atoms with Crippen molar-refractivity contribution in [2.24, 2.45) is 4.99 Å². The molecule has 0 saturated heterocycles. The predicted octanol–water partition coefficient (Wildman–Crippen LogP) is -0.540. The molecular weight excluding hydrogens is 228 g/mol. The number of hydrogen-bond acceptors (Lipinski definition) is 5. The van der Waals surface area contributed by atoms with E-state index in [1.54, 1.807) is 12.4 Å². The van der Waals surface area contributed by atoms with Gasteiger partial charge in [-0.1, -0.05) is 6.07 Å². The Balaban J connectivity index is 1.94. The summed E-state index contributed by atoms with van der Waals surface area (Å²) >= 11 is 0. The van der Waals surface area contributed by atoms with Crippen LogP contribution < -0.4 is 10.0 Å². The molecular formula is C9H12N4O2S. The first-order valence-corrected chi connectivity index (χ1v) is 6.49. The van der Waals surface area contributed by atoms with Gasteiger partial charge in [0.15, 0.2) is 0 Å². The van der Waals surface area contributed by atoms with Crippen molar-refractivity contribution in [2.45, 2.75) is 6.54 Å². The summed E-state index contributed by atoms with van der Waals surface area (Å²) in [5.74, 6) is 0.348. The van der Waals surface area contributed by atoms with Crippen LogP contribution in [0.25, 0.3) is 0 Å². The molecule has 0 spiro atoms. The Morgan fingerprint density at radius 3 is 3.06 bits per heavy atom. The number of nitrogens with one attached hydrogen (secondary N) is 2. The van der Waals surface area contributed by atoms with Gasteiger partial charge in [0.1, 0.15) is 0 Å². The van der Waals surface area contributed by atoms with Crippen LogP contribution in [0.1, 0.15) is 5.56 Å². The number of sulfonamides is 1. The van der Waals surface area contributed by atoms with Crippen LogP contribution in [0.4, 0.5) is 0 Å². The maximum absolute atomic E-state index is 11.2. The van der Waals surface area contributed by atoms with Crippen molar-refractivity contribution >= 4 is 16.0 Å². The fourth-order valence-electron chi connectivity index (χ4n) is 1.29. The van der Waals surface area contributed by atoms with Crippen LogP contribution in [-0.4, -0.2) is 31.7 Å². The molecule has 0 bridgehead atoms. The minimum absolute atomic E-state index is 0.0467. The first-order chi connectivity index (χ1) is 7.66. The summed E-state index contributed by atoms with van der Waals surface area (Å²) < 4.78 is 24.8. The quantitative estimate of drug-likeness (QED) is 0.727. The third-order valence-electron chi connectivity index (χ3n) is 2.06. The van der Waals surface area contributed by atoms with E-state index in [0.717, 1.165) is 5.56 Å². The van der Waals surface area contributed by atoms with Gasteiger partial charge in [-0.3, -0.25) is 14.7 Å². The summed E-state index contributed by atoms with van der Waals surface area (Å²) in [5, 5.41) is 2.91. The van der Waals surface area contributed by atoms with Crippen molar-refractivity contribution < 1.29 is 8.42 Å². The summed E-state index contributed by atoms with van der Waals surface area (Å²) in [4.78, 5) is 7.99. The standard InChI is InChI=1S/C9H12N4O2S/c14-16(15)5-4-11-9(13-16)12-7-8-2-1-3-10-6-8/h1-3,6H,4-5,7H2,(H2,11,12,13). The third-order valence-corrected chi connectivity index (χ3v) is 3.29. The molecule has 0 fully saturated rings. The highest BCUT2D eigenvalue weighted by molar-refractivity contribution is 7.90. The molecule has 2 rings (SSSR count). The van der Waals surface area contributed by atoms with Gasteiger partial charge in [0.2, 0.25) is 16.0 Å². The number of aliphatic imine (C=N–C) groups is 1. The van der Waals surface area contributed by atoms with Gasteiger partial charge in [0.25, 0.3) is 0 Å². The Kier molecular flexibility index (Phi) is 3.04. The average molecular weight is 240 g/mol. The SMILES string of the molecule is O=S1(=O)CCN=C(NCc2cccnc2)N1. The molecule has 0 aromatic carbocycles. The van der Waals surface area contributed by atoms with Crippen LogP contribution in [0, 0.1) is 0 Å². The average Bonchev–Trinajstić information content (AvgIpc) is 2.27. The maximum atomic E-state index is 11.2. The molecule has 0 amide bonds. The van der Waals surface area contributed by atoms with Gasteiger partial charge in [0.05, 0.1) is 12.3 Å². The van der Waals surface area contributed by atoms with E-state index in [1.807, 2.05) is 12.1 Å². The van der Waals surface area contributed by atoms with Crippen LogP contribution in [0.3, 0.4) is 0 Å². The smallest absolute Gasteiger partial charge is 0.236 e. The van der Waals surface area contributed by atoms with Crippen molar-refractivity contribution in [3.8, 4) is 0 Å². The van der Waals surface area contributed by atoms with Crippen molar-refractivity contribution in [3.05, 3.63) is 30.1 Å². The van der Waals surface area contributed by atoms with E-state index in [4.69, 9.17) is 0 Å². The van der Waals surface area contributed by atoms with E-state index in [-0.39, 0.29) is 5.75 Å². The second-order valence-electron chi connectivity index (χ2n) is 3.37. The summed E-state index contributed by atoms with van der Waals surface area (Å²) in [6.07, 6.45) is 3.40. The molecule has 2 heterocycles. The monoisotopic (exact) mass is 240 g/mol. The molecule has 6 nitrogen and oxygen atoms in total. The van der Waals surface area contributed by atoms with E-state index in [2.05, 4.69) is 20.0 Å². The van der Waals surface area contributed by atoms with Gasteiger partial charge in [-0.15, -0.1) is 0 Å². The Morgan fingerprint density at radius 2 is 2.38 bits per heavy atom. The van der Waals surface area contributed by atoms with E-state index in [0.29, 0.717) is 19.0 Å². The zero-order valence-corrected chi connectivity index (χ0v) is 9.37. The Morgan fingerprint density at radius 1 is 1.50 bits per heavy atom. The number of guanidine groups is 1. The lowest BCUT2D eigenvalue weighted by Crippen LogP contribution is -2.45. The van der Waals surface area contributed by atoms with Gasteiger partial charge in [0, 0.05) is 18.9 Å². The number of hydrogen-bond donors (Lipinski definition) is 2. The number of pyridine rings is 1. The molecule has 2 N–H and O–H groups in total. The lowest BCUT2D eigenvalue weighted by Gasteiger charge is -2.16. The zero-order chi connectivity index (χ0) is 11.4. The fourth-order valence-corrected chi connectivity index (χ4v) is 2.15. The lowest BCUT2D eigenvalue weighted by molar-refractivity contribution is 0.588. The van der Waals surface area contributed by atoms with Gasteiger partial charge < -0.3 is 5.32 Å². The number of rotatable bonds is 2. The minimum atomic E-state index is -3.20. The maximum Gasteiger partial charge on any atom is 0.236 e. The molecule has 7 heteroatoms. The largest absolute Gasteiger partial charge is 0.351 e. The molecule has 1 aromatic heterocycles. The highest BCUT2D eigenvalue weighted by atomic mass is 32.2. The second kappa shape index (κ2) is 4.48. The van der Waals surface area contributed by atoms with Crippen LogP contribution >= 0.6 is 0 Å². The number of aromatic nitrogens is 1. The molecule has 86 valence electrons. The van der Waals surface area contributed by atoms with Crippen LogP contribution in [0.5, 0.6) is 0 Å². The molecule has 1 aliphatic heterocycles. The summed E-state index contributed by atoms with van der Waals surface area (Å²) in [6.45, 7) is 0.792. The molecule has 0 unspecified atom stereocenters. The molecule has 1 aliphatic rings. The van der Waals surface area contributed by atoms with Gasteiger partial charge in [-0.2, -0.15) is 0 Å². The van der Waals surface area contributed by atoms with Gasteiger partial charge >= 0.3 is 0 Å². The highest BCUT2D eigenvalue weighted by Gasteiger charge is 2.16. The molecule has 16 heavy (non-hydrogen) atoms. The van der Waals surface area contributed by atoms with E-state index in [1.165, 1.54) is 0 Å². The molecule has 0 saturated carbocycles. The van der Waals surface area contributed by atoms with E-state index >= 15 is 0 Å². The van der Waals surface area contributed by atoms with Crippen molar-refractivity contribution in [1.29, 1.82) is 0 Å². The second-order valence-corrected chi connectivity index (χ2v) is 5.21. The van der Waals surface area contributed by atoms with Gasteiger partial charge in [-0.25, -0.2) is 8.42 Å². The summed E-state index contributed by atoms with van der Waals surface area (Å²) in [6, 6.07) is 3.72. The first kappa shape index (κ1) is 10.9. The van der Waals surface area contributed by atoms with Crippen LogP contribution in [-0.2, 0) is 16.6 Å². The highest BCUT2D eigenvalue weighted by Crippen LogP contribution is 1.96. The zero-order valence-electron chi connectivity index (χ0n) is 8.55. The Hall–Kier alpha value is -1.63. The molecule has 0 radical (unpaired) electrons. The van der Waals surface area contributed by atoms with E-state index < -0.39 is 10.0 Å². The molecule has 0 atom stereocenters. The molecule has 0 aliphatic carbocycles. The lowest BCUT2D eigenvalue weighted by atomic mass is 10.3. The minimum Gasteiger partial charge on any atom is -0.351 e. The topological polar surface area (TPSA) is 83.5 Å². The fraction of sp³-hybridized carbons (Fsp3) is 0.333. The predicted molar refractivity (Wildman–Crippen MR) is 60.3 cm³/mol. The third kappa shape index (κ3) is 2.93. The Bertz CT molecular complexity index is 483.